The van der Waals surface area contributed by atoms with Crippen molar-refractivity contribution in [1.82, 2.24) is 20.4 Å². The van der Waals surface area contributed by atoms with Crippen molar-refractivity contribution in [3.63, 3.8) is 0 Å². The van der Waals surface area contributed by atoms with E-state index >= 15 is 0 Å². The molecule has 0 aliphatic rings. The summed E-state index contributed by atoms with van der Waals surface area (Å²) in [6.07, 6.45) is 0. The first-order valence-corrected chi connectivity index (χ1v) is 5.83. The number of rotatable bonds is 3. The predicted octanol–water partition coefficient (Wildman–Crippen LogP) is 2.18. The highest BCUT2D eigenvalue weighted by Gasteiger charge is 2.06. The third-order valence-electron chi connectivity index (χ3n) is 1.27. The van der Waals surface area contributed by atoms with Crippen LogP contribution in [0.3, 0.4) is 0 Å². The Morgan fingerprint density at radius 1 is 1.36 bits per heavy atom. The lowest BCUT2D eigenvalue weighted by Gasteiger charge is -1.88. The van der Waals surface area contributed by atoms with Crippen molar-refractivity contribution >= 4 is 34.7 Å². The second kappa shape index (κ2) is 4.24. The van der Waals surface area contributed by atoms with Crippen molar-refractivity contribution in [2.24, 2.45) is 0 Å². The van der Waals surface area contributed by atoms with Gasteiger partial charge in [-0.25, -0.2) is 0 Å². The monoisotopic (exact) mass is 248 g/mol. The second-order valence-corrected chi connectivity index (χ2v) is 4.90. The molecular formula is C6H5ClN4OS2. The Kier molecular flexibility index (Phi) is 2.99. The standard InChI is InChI=1S/C6H5ClN4OS2/c1-3-8-11-6(12-3)13-2-4-9-10-5(7)14-4/h2H2,1H3. The minimum atomic E-state index is 0.447. The summed E-state index contributed by atoms with van der Waals surface area (Å²) in [6, 6.07) is 0. The van der Waals surface area contributed by atoms with Gasteiger partial charge < -0.3 is 4.42 Å². The highest BCUT2D eigenvalue weighted by atomic mass is 35.5. The molecule has 0 spiro atoms. The van der Waals surface area contributed by atoms with E-state index in [1.807, 2.05) is 0 Å². The van der Waals surface area contributed by atoms with Crippen LogP contribution in [-0.2, 0) is 5.75 Å². The van der Waals surface area contributed by atoms with E-state index in [4.69, 9.17) is 16.0 Å². The van der Waals surface area contributed by atoms with E-state index < -0.39 is 0 Å². The lowest BCUT2D eigenvalue weighted by atomic mass is 10.8. The molecule has 0 unspecified atom stereocenters. The summed E-state index contributed by atoms with van der Waals surface area (Å²) >= 11 is 8.39. The molecular weight excluding hydrogens is 244 g/mol. The molecule has 8 heteroatoms. The van der Waals surface area contributed by atoms with E-state index in [9.17, 15) is 0 Å². The molecule has 0 radical (unpaired) electrons. The quantitative estimate of drug-likeness (QED) is 0.776. The van der Waals surface area contributed by atoms with Crippen LogP contribution in [0.4, 0.5) is 0 Å². The molecule has 0 saturated carbocycles. The maximum absolute atomic E-state index is 5.63. The van der Waals surface area contributed by atoms with Crippen molar-refractivity contribution in [2.45, 2.75) is 17.9 Å². The molecule has 0 aromatic carbocycles. The van der Waals surface area contributed by atoms with Gasteiger partial charge in [0.15, 0.2) is 0 Å². The molecule has 2 aromatic heterocycles. The summed E-state index contributed by atoms with van der Waals surface area (Å²) in [7, 11) is 0. The Morgan fingerprint density at radius 2 is 2.21 bits per heavy atom. The molecule has 0 fully saturated rings. The third-order valence-corrected chi connectivity index (χ3v) is 3.30. The van der Waals surface area contributed by atoms with Gasteiger partial charge in [-0.15, -0.1) is 20.4 Å². The number of hydrogen-bond acceptors (Lipinski definition) is 7. The van der Waals surface area contributed by atoms with Gasteiger partial charge in [0.2, 0.25) is 10.4 Å². The maximum Gasteiger partial charge on any atom is 0.276 e. The van der Waals surface area contributed by atoms with Crippen LogP contribution in [0.5, 0.6) is 0 Å². The van der Waals surface area contributed by atoms with E-state index in [-0.39, 0.29) is 0 Å². The molecule has 2 aromatic rings. The molecule has 0 saturated heterocycles. The van der Waals surface area contributed by atoms with Gasteiger partial charge in [-0.05, 0) is 11.6 Å². The SMILES string of the molecule is Cc1nnc(SCc2nnc(Cl)s2)o1. The zero-order valence-electron chi connectivity index (χ0n) is 7.10. The highest BCUT2D eigenvalue weighted by Crippen LogP contribution is 2.24. The van der Waals surface area contributed by atoms with E-state index in [1.54, 1.807) is 6.92 Å². The van der Waals surface area contributed by atoms with Crippen LogP contribution in [0.25, 0.3) is 0 Å². The zero-order chi connectivity index (χ0) is 9.97. The molecule has 0 atom stereocenters. The molecule has 14 heavy (non-hydrogen) atoms. The van der Waals surface area contributed by atoms with Crippen molar-refractivity contribution in [3.05, 3.63) is 15.4 Å². The normalized spacial score (nSPS) is 10.7. The summed E-state index contributed by atoms with van der Waals surface area (Å²) < 4.78 is 5.62. The smallest absolute Gasteiger partial charge is 0.276 e. The van der Waals surface area contributed by atoms with E-state index in [1.165, 1.54) is 23.1 Å². The maximum atomic E-state index is 5.63. The summed E-state index contributed by atoms with van der Waals surface area (Å²) in [5.41, 5.74) is 0. The Bertz CT molecular complexity index is 389. The first-order valence-electron chi connectivity index (χ1n) is 3.65. The number of hydrogen-bond donors (Lipinski definition) is 0. The molecule has 2 rings (SSSR count). The number of thioether (sulfide) groups is 1. The molecule has 0 aliphatic carbocycles. The Labute approximate surface area is 92.9 Å². The fourth-order valence-electron chi connectivity index (χ4n) is 0.752. The van der Waals surface area contributed by atoms with E-state index in [0.29, 0.717) is 21.3 Å². The van der Waals surface area contributed by atoms with Gasteiger partial charge in [0.1, 0.15) is 5.01 Å². The summed E-state index contributed by atoms with van der Waals surface area (Å²) in [4.78, 5) is 0. The number of halogens is 1. The van der Waals surface area contributed by atoms with Crippen LogP contribution in [0.15, 0.2) is 9.64 Å². The van der Waals surface area contributed by atoms with Crippen molar-refractivity contribution in [2.75, 3.05) is 0 Å². The largest absolute Gasteiger partial charge is 0.416 e. The van der Waals surface area contributed by atoms with Gasteiger partial charge >= 0.3 is 0 Å². The van der Waals surface area contributed by atoms with Gasteiger partial charge in [-0.3, -0.25) is 0 Å². The van der Waals surface area contributed by atoms with Gasteiger partial charge in [-0.1, -0.05) is 23.1 Å². The van der Waals surface area contributed by atoms with Crippen LogP contribution in [0.2, 0.25) is 4.47 Å². The summed E-state index contributed by atoms with van der Waals surface area (Å²) in [5.74, 6) is 1.20. The van der Waals surface area contributed by atoms with Crippen molar-refractivity contribution in [3.8, 4) is 0 Å². The molecule has 5 nitrogen and oxygen atoms in total. The lowest BCUT2D eigenvalue weighted by molar-refractivity contribution is 0.429. The molecule has 0 N–H and O–H groups in total. The molecule has 0 bridgehead atoms. The molecule has 2 heterocycles. The van der Waals surface area contributed by atoms with E-state index in [2.05, 4.69) is 20.4 Å². The van der Waals surface area contributed by atoms with Crippen LogP contribution in [-0.4, -0.2) is 20.4 Å². The predicted molar refractivity (Wildman–Crippen MR) is 53.5 cm³/mol. The van der Waals surface area contributed by atoms with Gasteiger partial charge in [0.05, 0.1) is 5.75 Å². The van der Waals surface area contributed by atoms with Crippen molar-refractivity contribution < 1.29 is 4.42 Å². The first kappa shape index (κ1) is 9.88. The second-order valence-electron chi connectivity index (χ2n) is 2.32. The van der Waals surface area contributed by atoms with Crippen LogP contribution in [0, 0.1) is 6.92 Å². The fraction of sp³-hybridized carbons (Fsp3) is 0.333. The van der Waals surface area contributed by atoms with E-state index in [0.717, 1.165) is 5.01 Å². The average molecular weight is 249 g/mol. The molecule has 0 aliphatic heterocycles. The first-order chi connectivity index (χ1) is 6.74. The highest BCUT2D eigenvalue weighted by molar-refractivity contribution is 7.98. The molecule has 74 valence electrons. The van der Waals surface area contributed by atoms with Gasteiger partial charge in [0, 0.05) is 6.92 Å². The minimum Gasteiger partial charge on any atom is -0.416 e. The third kappa shape index (κ3) is 2.43. The Hall–Kier alpha value is -0.660. The van der Waals surface area contributed by atoms with Gasteiger partial charge in [0.25, 0.3) is 5.22 Å². The Balaban J connectivity index is 1.94. The molecule has 0 amide bonds. The van der Waals surface area contributed by atoms with Crippen LogP contribution in [0.1, 0.15) is 10.9 Å². The van der Waals surface area contributed by atoms with Crippen LogP contribution >= 0.6 is 34.7 Å². The minimum absolute atomic E-state index is 0.447. The fourth-order valence-corrected chi connectivity index (χ4v) is 2.41. The summed E-state index contributed by atoms with van der Waals surface area (Å²) in [5, 5.41) is 16.5. The number of aromatic nitrogens is 4. The van der Waals surface area contributed by atoms with Gasteiger partial charge in [-0.2, -0.15) is 0 Å². The van der Waals surface area contributed by atoms with Crippen LogP contribution < -0.4 is 0 Å². The Morgan fingerprint density at radius 3 is 2.79 bits per heavy atom. The number of aryl methyl sites for hydroxylation is 1. The topological polar surface area (TPSA) is 64.7 Å². The zero-order valence-corrected chi connectivity index (χ0v) is 9.49. The van der Waals surface area contributed by atoms with Crippen molar-refractivity contribution in [1.29, 1.82) is 0 Å². The number of nitrogens with zero attached hydrogens (tertiary/aromatic N) is 4. The summed E-state index contributed by atoms with van der Waals surface area (Å²) in [6.45, 7) is 1.75. The average Bonchev–Trinajstić information content (AvgIpc) is 2.72. The lowest BCUT2D eigenvalue weighted by Crippen LogP contribution is -1.79.